The predicted octanol–water partition coefficient (Wildman–Crippen LogP) is 1.59. The summed E-state index contributed by atoms with van der Waals surface area (Å²) in [5.74, 6) is -0.0982. The van der Waals surface area contributed by atoms with E-state index in [2.05, 4.69) is 0 Å². The molecule has 3 rings (SSSR count). The molecule has 128 valence electrons. The Morgan fingerprint density at radius 1 is 1.17 bits per heavy atom. The predicted molar refractivity (Wildman–Crippen MR) is 89.8 cm³/mol. The minimum Gasteiger partial charge on any atom is -0.337 e. The van der Waals surface area contributed by atoms with E-state index in [1.165, 1.54) is 6.26 Å². The van der Waals surface area contributed by atoms with Crippen LogP contribution in [-0.4, -0.2) is 55.0 Å². The third-order valence-electron chi connectivity index (χ3n) is 5.04. The molecule has 1 aromatic carbocycles. The molecule has 0 radical (unpaired) electrons. The number of hydrogen-bond acceptors (Lipinski definition) is 4. The molecule has 0 N–H and O–H groups in total. The first-order valence-electron chi connectivity index (χ1n) is 8.13. The van der Waals surface area contributed by atoms with Crippen LogP contribution in [0.2, 0.25) is 0 Å². The van der Waals surface area contributed by atoms with Gasteiger partial charge in [0.1, 0.15) is 0 Å². The summed E-state index contributed by atoms with van der Waals surface area (Å²) >= 11 is 0. The smallest absolute Gasteiger partial charge is 0.253 e. The van der Waals surface area contributed by atoms with E-state index in [0.717, 1.165) is 25.7 Å². The first kappa shape index (κ1) is 16.9. The monoisotopic (exact) mass is 347 g/mol. The maximum atomic E-state index is 12.8. The van der Waals surface area contributed by atoms with Gasteiger partial charge in [-0.15, -0.1) is 0 Å². The molecule has 1 aromatic rings. The average Bonchev–Trinajstić information content (AvgIpc) is 2.97. The summed E-state index contributed by atoms with van der Waals surface area (Å²) in [6, 6.07) is 8.61. The molecule has 0 saturated carbocycles. The highest BCUT2D eigenvalue weighted by Crippen LogP contribution is 2.39. The fourth-order valence-corrected chi connectivity index (χ4v) is 5.40. The molecule has 2 aliphatic heterocycles. The topological polar surface area (TPSA) is 81.5 Å². The zero-order valence-electron chi connectivity index (χ0n) is 13.7. The molecule has 1 amide bonds. The highest BCUT2D eigenvalue weighted by Gasteiger charge is 2.48. The van der Waals surface area contributed by atoms with Crippen molar-refractivity contribution in [3.8, 4) is 6.07 Å². The maximum absolute atomic E-state index is 12.8. The second-order valence-electron chi connectivity index (χ2n) is 6.68. The molecule has 2 aliphatic rings. The van der Waals surface area contributed by atoms with Gasteiger partial charge in [0.2, 0.25) is 10.0 Å². The minimum atomic E-state index is -3.27. The highest BCUT2D eigenvalue weighted by molar-refractivity contribution is 7.88. The third-order valence-corrected chi connectivity index (χ3v) is 6.41. The summed E-state index contributed by atoms with van der Waals surface area (Å²) in [6.45, 7) is 1.62. The summed E-state index contributed by atoms with van der Waals surface area (Å²) < 4.78 is 25.8. The second kappa shape index (κ2) is 6.19. The molecule has 2 heterocycles. The first-order chi connectivity index (χ1) is 11.4. The molecular weight excluding hydrogens is 326 g/mol. The number of benzene rings is 1. The van der Waals surface area contributed by atoms with Crippen molar-refractivity contribution >= 4 is 15.9 Å². The maximum Gasteiger partial charge on any atom is 0.253 e. The van der Waals surface area contributed by atoms with E-state index < -0.39 is 15.6 Å². The number of nitrogens with zero attached hydrogens (tertiary/aromatic N) is 3. The average molecular weight is 347 g/mol. The second-order valence-corrected chi connectivity index (χ2v) is 8.59. The number of hydrogen-bond donors (Lipinski definition) is 0. The number of likely N-dealkylation sites (tertiary alicyclic amines) is 1. The first-order valence-corrected chi connectivity index (χ1v) is 9.98. The lowest BCUT2D eigenvalue weighted by atomic mass is 9.87. The van der Waals surface area contributed by atoms with E-state index in [1.54, 1.807) is 33.5 Å². The number of sulfonamides is 1. The molecular formula is C17H21N3O3S. The lowest BCUT2D eigenvalue weighted by molar-refractivity contribution is 0.0524. The van der Waals surface area contributed by atoms with E-state index in [-0.39, 0.29) is 5.91 Å². The van der Waals surface area contributed by atoms with Crippen LogP contribution in [0.1, 0.15) is 41.6 Å². The van der Waals surface area contributed by atoms with Gasteiger partial charge in [0, 0.05) is 25.2 Å². The highest BCUT2D eigenvalue weighted by atomic mass is 32.2. The van der Waals surface area contributed by atoms with Crippen molar-refractivity contribution in [3.05, 3.63) is 35.4 Å². The van der Waals surface area contributed by atoms with Crippen molar-refractivity contribution in [2.75, 3.05) is 25.9 Å². The van der Waals surface area contributed by atoms with Gasteiger partial charge in [-0.2, -0.15) is 9.57 Å². The van der Waals surface area contributed by atoms with Gasteiger partial charge >= 0.3 is 0 Å². The third kappa shape index (κ3) is 3.04. The quantitative estimate of drug-likeness (QED) is 0.813. The van der Waals surface area contributed by atoms with Gasteiger partial charge < -0.3 is 4.90 Å². The molecule has 24 heavy (non-hydrogen) atoms. The standard InChI is InChI=1S/C17H21N3O3S/c1-24(22,23)20-11-3-9-17(20)8-2-10-19(13-17)16(21)15-6-4-14(12-18)5-7-15/h4-7H,2-3,8-11,13H2,1H3/t17-/m0/s1. The van der Waals surface area contributed by atoms with Crippen LogP contribution in [0.5, 0.6) is 0 Å². The Hall–Kier alpha value is -1.91. The van der Waals surface area contributed by atoms with Crippen LogP contribution < -0.4 is 0 Å². The summed E-state index contributed by atoms with van der Waals surface area (Å²) in [5, 5.41) is 8.85. The van der Waals surface area contributed by atoms with E-state index in [9.17, 15) is 13.2 Å². The van der Waals surface area contributed by atoms with Crippen LogP contribution in [0.15, 0.2) is 24.3 Å². The Kier molecular flexibility index (Phi) is 4.37. The molecule has 0 unspecified atom stereocenters. The van der Waals surface area contributed by atoms with Crippen LogP contribution in [0.25, 0.3) is 0 Å². The van der Waals surface area contributed by atoms with Crippen LogP contribution in [0.4, 0.5) is 0 Å². The Morgan fingerprint density at radius 2 is 1.79 bits per heavy atom. The van der Waals surface area contributed by atoms with Crippen LogP contribution in [0, 0.1) is 11.3 Å². The molecule has 7 heteroatoms. The molecule has 6 nitrogen and oxygen atoms in total. The van der Waals surface area contributed by atoms with Gasteiger partial charge in [-0.25, -0.2) is 8.42 Å². The number of carbonyl (C=O) groups is 1. The van der Waals surface area contributed by atoms with E-state index in [4.69, 9.17) is 5.26 Å². The molecule has 0 aromatic heterocycles. The summed E-state index contributed by atoms with van der Waals surface area (Å²) in [6.07, 6.45) is 4.50. The molecule has 1 atom stereocenters. The van der Waals surface area contributed by atoms with Gasteiger partial charge in [-0.1, -0.05) is 0 Å². The summed E-state index contributed by atoms with van der Waals surface area (Å²) in [7, 11) is -3.27. The van der Waals surface area contributed by atoms with Crippen LogP contribution in [0.3, 0.4) is 0 Å². The molecule has 2 saturated heterocycles. The Bertz CT molecular complexity index is 782. The van der Waals surface area contributed by atoms with Gasteiger partial charge in [-0.3, -0.25) is 4.79 Å². The van der Waals surface area contributed by atoms with Gasteiger partial charge in [0.05, 0.1) is 23.4 Å². The van der Waals surface area contributed by atoms with E-state index in [1.807, 2.05) is 6.07 Å². The Balaban J connectivity index is 1.82. The van der Waals surface area contributed by atoms with Crippen molar-refractivity contribution in [2.45, 2.75) is 31.2 Å². The molecule has 1 spiro atoms. The van der Waals surface area contributed by atoms with Crippen LogP contribution >= 0.6 is 0 Å². The SMILES string of the molecule is CS(=O)(=O)N1CCC[C@]12CCCN(C(=O)c1ccc(C#N)cc1)C2. The number of carbonyl (C=O) groups excluding carboxylic acids is 1. The molecule has 0 bridgehead atoms. The number of nitriles is 1. The zero-order valence-corrected chi connectivity index (χ0v) is 14.6. The van der Waals surface area contributed by atoms with Crippen molar-refractivity contribution in [3.63, 3.8) is 0 Å². The van der Waals surface area contributed by atoms with Crippen molar-refractivity contribution in [1.29, 1.82) is 5.26 Å². The van der Waals surface area contributed by atoms with Crippen molar-refractivity contribution in [2.24, 2.45) is 0 Å². The van der Waals surface area contributed by atoms with E-state index >= 15 is 0 Å². The van der Waals surface area contributed by atoms with Gasteiger partial charge in [0.25, 0.3) is 5.91 Å². The minimum absolute atomic E-state index is 0.0982. The fourth-order valence-electron chi connectivity index (χ4n) is 3.99. The number of amides is 1. The molecule has 0 aliphatic carbocycles. The largest absolute Gasteiger partial charge is 0.337 e. The van der Waals surface area contributed by atoms with Crippen molar-refractivity contribution < 1.29 is 13.2 Å². The summed E-state index contributed by atoms with van der Waals surface area (Å²) in [5.41, 5.74) is 0.601. The fraction of sp³-hybridized carbons (Fsp3) is 0.529. The summed E-state index contributed by atoms with van der Waals surface area (Å²) in [4.78, 5) is 14.5. The normalized spacial score (nSPS) is 24.9. The number of rotatable bonds is 2. The lowest BCUT2D eigenvalue weighted by Gasteiger charge is -2.44. The molecule has 2 fully saturated rings. The Morgan fingerprint density at radius 3 is 2.38 bits per heavy atom. The Labute approximate surface area is 142 Å². The van der Waals surface area contributed by atoms with Gasteiger partial charge in [0.15, 0.2) is 0 Å². The lowest BCUT2D eigenvalue weighted by Crippen LogP contribution is -2.58. The van der Waals surface area contributed by atoms with E-state index in [0.29, 0.717) is 30.8 Å². The van der Waals surface area contributed by atoms with Gasteiger partial charge in [-0.05, 0) is 49.9 Å². The zero-order chi connectivity index (χ0) is 17.4. The number of piperidine rings is 1. The van der Waals surface area contributed by atoms with Crippen molar-refractivity contribution in [1.82, 2.24) is 9.21 Å². The van der Waals surface area contributed by atoms with Crippen LogP contribution in [-0.2, 0) is 10.0 Å².